The fourth-order valence-electron chi connectivity index (χ4n) is 4.98. The van der Waals surface area contributed by atoms with Gasteiger partial charge in [0.1, 0.15) is 28.7 Å². The maximum absolute atomic E-state index is 13.6. The number of carbonyl (C=O) groups excluding carboxylic acids is 3. The lowest BCUT2D eigenvalue weighted by Crippen LogP contribution is -2.27. The topological polar surface area (TPSA) is 114 Å². The van der Waals surface area contributed by atoms with Gasteiger partial charge < -0.3 is 24.6 Å². The number of phenols is 1. The molecule has 0 unspecified atom stereocenters. The van der Waals surface area contributed by atoms with Crippen LogP contribution in [-0.2, 0) is 17.5 Å². The van der Waals surface area contributed by atoms with Crippen LogP contribution in [0.4, 0.5) is 23.7 Å². The number of benzene rings is 5. The highest BCUT2D eigenvalue weighted by molar-refractivity contribution is 8.18. The third kappa shape index (κ3) is 8.33. The average Bonchev–Trinajstić information content (AvgIpc) is 3.37. The van der Waals surface area contributed by atoms with Crippen molar-refractivity contribution in [3.63, 3.8) is 0 Å². The van der Waals surface area contributed by atoms with Crippen LogP contribution in [0.15, 0.2) is 120 Å². The van der Waals surface area contributed by atoms with Crippen molar-refractivity contribution in [3.8, 4) is 34.5 Å². The Bertz CT molecular complexity index is 2140. The summed E-state index contributed by atoms with van der Waals surface area (Å²) < 4.78 is 57.6. The van der Waals surface area contributed by atoms with E-state index in [4.69, 9.17) is 14.2 Å². The third-order valence-electron chi connectivity index (χ3n) is 7.50. The number of para-hydroxylation sites is 1. The number of thioether (sulfide) groups is 1. The number of ether oxygens (including phenoxy) is 3. The van der Waals surface area contributed by atoms with E-state index in [2.05, 4.69) is 5.32 Å². The van der Waals surface area contributed by atoms with Crippen LogP contribution in [0.25, 0.3) is 6.08 Å². The van der Waals surface area contributed by atoms with E-state index < -0.39 is 34.5 Å². The highest BCUT2D eigenvalue weighted by Gasteiger charge is 2.35. The second-order valence-corrected chi connectivity index (χ2v) is 12.0. The van der Waals surface area contributed by atoms with Crippen LogP contribution in [0.3, 0.4) is 0 Å². The fourth-order valence-corrected chi connectivity index (χ4v) is 5.82. The molecule has 51 heavy (non-hydrogen) atoms. The van der Waals surface area contributed by atoms with E-state index in [9.17, 15) is 32.7 Å². The number of halogens is 3. The first-order valence-electron chi connectivity index (χ1n) is 15.2. The fraction of sp³-hybridized carbons (Fsp3) is 0.0789. The lowest BCUT2D eigenvalue weighted by atomic mass is 10.1. The second kappa shape index (κ2) is 14.7. The maximum Gasteiger partial charge on any atom is 0.416 e. The van der Waals surface area contributed by atoms with Crippen LogP contribution in [0.2, 0.25) is 0 Å². The molecular weight excluding hydrogens is 685 g/mol. The number of nitrogens with one attached hydrogen (secondary N) is 1. The number of aromatic hydroxyl groups is 1. The van der Waals surface area contributed by atoms with Crippen LogP contribution >= 0.6 is 11.8 Å². The van der Waals surface area contributed by atoms with Crippen molar-refractivity contribution in [2.45, 2.75) is 12.7 Å². The SMILES string of the molecule is COc1ccc(Oc2ccc(C(F)(F)F)cc2NC(=O)c2cc(C=C3SC(=O)N(Cc4cccc(Oc5ccccc5)c4)C3=O)ccc2O)cc1. The molecule has 9 nitrogen and oxygen atoms in total. The Labute approximate surface area is 293 Å². The maximum atomic E-state index is 13.6. The lowest BCUT2D eigenvalue weighted by Gasteiger charge is -2.16. The monoisotopic (exact) mass is 712 g/mol. The van der Waals surface area contributed by atoms with Crippen LogP contribution in [0.1, 0.15) is 27.0 Å². The molecule has 1 fully saturated rings. The third-order valence-corrected chi connectivity index (χ3v) is 8.40. The standard InChI is InChI=1S/C38H27F3N2O7S/c1-48-26-12-14-28(15-13-26)50-33-17-11-25(38(39,40)41)21-31(33)42-35(45)30-19-23(10-16-32(30)44)20-34-36(46)43(37(47)51-34)22-24-6-5-9-29(18-24)49-27-7-3-2-4-8-27/h2-21,44H,22H2,1H3,(H,42,45). The zero-order chi connectivity index (χ0) is 36.1. The summed E-state index contributed by atoms with van der Waals surface area (Å²) in [6.45, 7) is -0.0187. The van der Waals surface area contributed by atoms with Crippen molar-refractivity contribution < 1.29 is 46.9 Å². The van der Waals surface area contributed by atoms with Crippen molar-refractivity contribution in [2.24, 2.45) is 0 Å². The van der Waals surface area contributed by atoms with Gasteiger partial charge in [0.2, 0.25) is 0 Å². The summed E-state index contributed by atoms with van der Waals surface area (Å²) in [6.07, 6.45) is -3.33. The second-order valence-electron chi connectivity index (χ2n) is 11.0. The van der Waals surface area contributed by atoms with Crippen molar-refractivity contribution in [2.75, 3.05) is 12.4 Å². The van der Waals surface area contributed by atoms with E-state index >= 15 is 0 Å². The number of nitrogens with zero attached hydrogens (tertiary/aromatic N) is 1. The normalized spacial score (nSPS) is 13.7. The Kier molecular flexibility index (Phi) is 10.0. The summed E-state index contributed by atoms with van der Waals surface area (Å²) >= 11 is 0.706. The van der Waals surface area contributed by atoms with Gasteiger partial charge >= 0.3 is 6.18 Å². The molecule has 0 spiro atoms. The Morgan fingerprint density at radius 1 is 0.824 bits per heavy atom. The molecule has 0 atom stereocenters. The van der Waals surface area contributed by atoms with E-state index in [1.54, 1.807) is 48.5 Å². The summed E-state index contributed by atoms with van der Waals surface area (Å²) in [6, 6.07) is 28.9. The largest absolute Gasteiger partial charge is 0.507 e. The molecule has 5 aromatic carbocycles. The van der Waals surface area contributed by atoms with Gasteiger partial charge in [0, 0.05) is 0 Å². The van der Waals surface area contributed by atoms with Gasteiger partial charge in [-0.15, -0.1) is 0 Å². The summed E-state index contributed by atoms with van der Waals surface area (Å²) in [5.41, 5.74) is -0.717. The summed E-state index contributed by atoms with van der Waals surface area (Å²) in [5.74, 6) is -0.137. The van der Waals surface area contributed by atoms with E-state index in [0.29, 0.717) is 34.6 Å². The van der Waals surface area contributed by atoms with Crippen molar-refractivity contribution in [1.82, 2.24) is 4.90 Å². The predicted octanol–water partition coefficient (Wildman–Crippen LogP) is 9.49. The van der Waals surface area contributed by atoms with Crippen LogP contribution < -0.4 is 19.5 Å². The molecule has 3 amide bonds. The Morgan fingerprint density at radius 3 is 2.25 bits per heavy atom. The van der Waals surface area contributed by atoms with E-state index in [1.807, 2.05) is 18.2 Å². The molecular formula is C38H27F3N2O7S. The number of methoxy groups -OCH3 is 1. The van der Waals surface area contributed by atoms with Crippen LogP contribution in [0, 0.1) is 0 Å². The first kappa shape index (κ1) is 34.6. The zero-order valence-electron chi connectivity index (χ0n) is 26.6. The molecule has 0 radical (unpaired) electrons. The quantitative estimate of drug-likeness (QED) is 0.138. The van der Waals surface area contributed by atoms with Crippen molar-refractivity contribution in [3.05, 3.63) is 142 Å². The Balaban J connectivity index is 1.20. The lowest BCUT2D eigenvalue weighted by molar-refractivity contribution is -0.137. The smallest absolute Gasteiger partial charge is 0.416 e. The van der Waals surface area contributed by atoms with Gasteiger partial charge in [0.15, 0.2) is 5.75 Å². The van der Waals surface area contributed by atoms with Gasteiger partial charge in [-0.1, -0.05) is 36.4 Å². The molecule has 258 valence electrons. The molecule has 0 saturated carbocycles. The molecule has 1 heterocycles. The van der Waals surface area contributed by atoms with Gasteiger partial charge in [-0.3, -0.25) is 19.3 Å². The zero-order valence-corrected chi connectivity index (χ0v) is 27.5. The highest BCUT2D eigenvalue weighted by atomic mass is 32.2. The van der Waals surface area contributed by atoms with Crippen LogP contribution in [-0.4, -0.2) is 34.2 Å². The van der Waals surface area contributed by atoms with Gasteiger partial charge in [0.05, 0.1) is 35.4 Å². The summed E-state index contributed by atoms with van der Waals surface area (Å²) in [7, 11) is 1.48. The average molecular weight is 713 g/mol. The van der Waals surface area contributed by atoms with Gasteiger partial charge in [-0.2, -0.15) is 13.2 Å². The minimum Gasteiger partial charge on any atom is -0.507 e. The van der Waals surface area contributed by atoms with Gasteiger partial charge in [-0.25, -0.2) is 0 Å². The van der Waals surface area contributed by atoms with Gasteiger partial charge in [0.25, 0.3) is 17.1 Å². The van der Waals surface area contributed by atoms with E-state index in [0.717, 1.165) is 23.1 Å². The molecule has 2 N–H and O–H groups in total. The Hall–Kier alpha value is -6.21. The number of hydrogen-bond acceptors (Lipinski definition) is 8. The number of phenolic OH excluding ortho intramolecular Hbond substituents is 1. The summed E-state index contributed by atoms with van der Waals surface area (Å²) in [5, 5.41) is 12.4. The molecule has 5 aromatic rings. The molecule has 1 aliphatic heterocycles. The number of carbonyl (C=O) groups is 3. The molecule has 6 rings (SSSR count). The molecule has 0 bridgehead atoms. The number of amides is 3. The highest BCUT2D eigenvalue weighted by Crippen LogP contribution is 2.38. The number of anilines is 1. The minimum atomic E-state index is -4.72. The number of imide groups is 1. The molecule has 1 saturated heterocycles. The van der Waals surface area contributed by atoms with E-state index in [-0.39, 0.29) is 39.8 Å². The predicted molar refractivity (Wildman–Crippen MR) is 185 cm³/mol. The molecule has 0 aromatic heterocycles. The first-order valence-corrected chi connectivity index (χ1v) is 16.0. The Morgan fingerprint density at radius 2 is 1.53 bits per heavy atom. The number of alkyl halides is 3. The number of rotatable bonds is 10. The van der Waals surface area contributed by atoms with Crippen molar-refractivity contribution >= 4 is 40.6 Å². The summed E-state index contributed by atoms with van der Waals surface area (Å²) in [4.78, 5) is 40.7. The first-order chi connectivity index (χ1) is 24.5. The van der Waals surface area contributed by atoms with Crippen molar-refractivity contribution in [1.29, 1.82) is 0 Å². The molecule has 1 aliphatic rings. The van der Waals surface area contributed by atoms with E-state index in [1.165, 1.54) is 43.5 Å². The van der Waals surface area contributed by atoms with Crippen LogP contribution in [0.5, 0.6) is 34.5 Å². The molecule has 0 aliphatic carbocycles. The minimum absolute atomic E-state index is 0.0187. The number of hydrogen-bond donors (Lipinski definition) is 2. The van der Waals surface area contributed by atoms with Gasteiger partial charge in [-0.05, 0) is 108 Å². The molecule has 13 heteroatoms.